The molecule has 0 aromatic heterocycles. The highest BCUT2D eigenvalue weighted by Crippen LogP contribution is 2.16. The fourth-order valence-electron chi connectivity index (χ4n) is 2.46. The average Bonchev–Trinajstić information content (AvgIpc) is 2.52. The standard InChI is InChI=1S/C15H19N3O4S/c1-23(20,21)18-8-4-6-13(10-18)17-15(19)11-22-14-7-3-2-5-12(14)9-16/h2-3,5,7,13H,4,6,8,10-11H2,1H3,(H,17,19)/t13-/m0/s1. The summed E-state index contributed by atoms with van der Waals surface area (Å²) in [7, 11) is -3.24. The van der Waals surface area contributed by atoms with Crippen molar-refractivity contribution in [2.24, 2.45) is 0 Å². The normalized spacial score (nSPS) is 18.9. The van der Waals surface area contributed by atoms with E-state index >= 15 is 0 Å². The van der Waals surface area contributed by atoms with Crippen LogP contribution in [0.15, 0.2) is 24.3 Å². The molecule has 1 aliphatic heterocycles. The zero-order valence-electron chi connectivity index (χ0n) is 12.9. The van der Waals surface area contributed by atoms with Crippen LogP contribution in [-0.2, 0) is 14.8 Å². The van der Waals surface area contributed by atoms with E-state index in [4.69, 9.17) is 10.00 Å². The van der Waals surface area contributed by atoms with E-state index < -0.39 is 10.0 Å². The van der Waals surface area contributed by atoms with E-state index in [0.29, 0.717) is 24.3 Å². The van der Waals surface area contributed by atoms with Crippen molar-refractivity contribution in [2.45, 2.75) is 18.9 Å². The molecule has 0 saturated carbocycles. The Morgan fingerprint density at radius 3 is 2.91 bits per heavy atom. The number of amides is 1. The van der Waals surface area contributed by atoms with Gasteiger partial charge < -0.3 is 10.1 Å². The summed E-state index contributed by atoms with van der Waals surface area (Å²) in [6.45, 7) is 0.546. The van der Waals surface area contributed by atoms with Gasteiger partial charge in [0.15, 0.2) is 6.61 Å². The van der Waals surface area contributed by atoms with Crippen molar-refractivity contribution < 1.29 is 17.9 Å². The largest absolute Gasteiger partial charge is 0.482 e. The van der Waals surface area contributed by atoms with Crippen molar-refractivity contribution in [3.63, 3.8) is 0 Å². The maximum Gasteiger partial charge on any atom is 0.258 e. The van der Waals surface area contributed by atoms with Crippen LogP contribution >= 0.6 is 0 Å². The Labute approximate surface area is 135 Å². The fraction of sp³-hybridized carbons (Fsp3) is 0.467. The number of carbonyl (C=O) groups is 1. The first-order valence-electron chi connectivity index (χ1n) is 7.26. The number of carbonyl (C=O) groups excluding carboxylic acids is 1. The lowest BCUT2D eigenvalue weighted by molar-refractivity contribution is -0.124. The van der Waals surface area contributed by atoms with Gasteiger partial charge in [-0.3, -0.25) is 4.79 Å². The summed E-state index contributed by atoms with van der Waals surface area (Å²) >= 11 is 0. The third-order valence-corrected chi connectivity index (χ3v) is 4.85. The van der Waals surface area contributed by atoms with Gasteiger partial charge in [0.1, 0.15) is 11.8 Å². The Balaban J connectivity index is 1.86. The van der Waals surface area contributed by atoms with Gasteiger partial charge in [-0.15, -0.1) is 0 Å². The van der Waals surface area contributed by atoms with E-state index in [1.165, 1.54) is 10.6 Å². The van der Waals surface area contributed by atoms with Crippen LogP contribution in [0, 0.1) is 11.3 Å². The Morgan fingerprint density at radius 1 is 1.48 bits per heavy atom. The molecule has 124 valence electrons. The number of benzene rings is 1. The van der Waals surface area contributed by atoms with Gasteiger partial charge in [-0.1, -0.05) is 12.1 Å². The van der Waals surface area contributed by atoms with E-state index in [0.717, 1.165) is 6.42 Å². The lowest BCUT2D eigenvalue weighted by Gasteiger charge is -2.31. The predicted molar refractivity (Wildman–Crippen MR) is 84.2 cm³/mol. The molecule has 1 amide bonds. The second-order valence-electron chi connectivity index (χ2n) is 5.42. The third kappa shape index (κ3) is 4.94. The molecule has 1 heterocycles. The first-order chi connectivity index (χ1) is 10.9. The van der Waals surface area contributed by atoms with E-state index in [1.54, 1.807) is 24.3 Å². The predicted octanol–water partition coefficient (Wildman–Crippen LogP) is 0.477. The molecule has 0 aliphatic carbocycles. The summed E-state index contributed by atoms with van der Waals surface area (Å²) < 4.78 is 29.8. The second kappa shape index (κ2) is 7.44. The van der Waals surface area contributed by atoms with Crippen molar-refractivity contribution in [2.75, 3.05) is 26.0 Å². The van der Waals surface area contributed by atoms with Gasteiger partial charge in [0.2, 0.25) is 10.0 Å². The lowest BCUT2D eigenvalue weighted by Crippen LogP contribution is -2.50. The van der Waals surface area contributed by atoms with Crippen LogP contribution in [0.3, 0.4) is 0 Å². The van der Waals surface area contributed by atoms with E-state index in [2.05, 4.69) is 5.32 Å². The molecule has 1 aromatic rings. The summed E-state index contributed by atoms with van der Waals surface area (Å²) in [6, 6.07) is 8.44. The molecule has 0 spiro atoms. The average molecular weight is 337 g/mol. The Bertz CT molecular complexity index is 712. The molecular weight excluding hydrogens is 318 g/mol. The van der Waals surface area contributed by atoms with Crippen LogP contribution in [-0.4, -0.2) is 50.6 Å². The molecule has 2 rings (SSSR count). The van der Waals surface area contributed by atoms with Crippen molar-refractivity contribution in [1.82, 2.24) is 9.62 Å². The molecule has 8 heteroatoms. The highest BCUT2D eigenvalue weighted by Gasteiger charge is 2.26. The minimum Gasteiger partial charge on any atom is -0.482 e. The van der Waals surface area contributed by atoms with Crippen LogP contribution in [0.5, 0.6) is 5.75 Å². The molecule has 7 nitrogen and oxygen atoms in total. The number of nitrogens with zero attached hydrogens (tertiary/aromatic N) is 2. The molecule has 1 fully saturated rings. The number of nitriles is 1. The highest BCUT2D eigenvalue weighted by molar-refractivity contribution is 7.88. The molecule has 23 heavy (non-hydrogen) atoms. The van der Waals surface area contributed by atoms with Gasteiger partial charge in [0, 0.05) is 19.1 Å². The van der Waals surface area contributed by atoms with Gasteiger partial charge in [0.05, 0.1) is 11.8 Å². The summed E-state index contributed by atoms with van der Waals surface area (Å²) in [5.74, 6) is 0.0182. The molecule has 0 unspecified atom stereocenters. The molecule has 1 atom stereocenters. The third-order valence-electron chi connectivity index (χ3n) is 3.58. The minimum absolute atomic E-state index is 0.214. The van der Waals surface area contributed by atoms with E-state index in [9.17, 15) is 13.2 Å². The van der Waals surface area contributed by atoms with Crippen molar-refractivity contribution in [3.05, 3.63) is 29.8 Å². The quantitative estimate of drug-likeness (QED) is 0.842. The number of hydrogen-bond donors (Lipinski definition) is 1. The molecule has 0 radical (unpaired) electrons. The molecule has 1 saturated heterocycles. The van der Waals surface area contributed by atoms with Gasteiger partial charge in [-0.05, 0) is 25.0 Å². The first kappa shape index (κ1) is 17.2. The van der Waals surface area contributed by atoms with Crippen molar-refractivity contribution in [1.29, 1.82) is 5.26 Å². The number of hydrogen-bond acceptors (Lipinski definition) is 5. The summed E-state index contributed by atoms with van der Waals surface area (Å²) in [4.78, 5) is 12.0. The smallest absolute Gasteiger partial charge is 0.258 e. The topological polar surface area (TPSA) is 99.5 Å². The van der Waals surface area contributed by atoms with Crippen molar-refractivity contribution in [3.8, 4) is 11.8 Å². The number of rotatable bonds is 5. The molecule has 1 aromatic carbocycles. The Hall–Kier alpha value is -2.11. The van der Waals surface area contributed by atoms with Gasteiger partial charge in [0.25, 0.3) is 5.91 Å². The van der Waals surface area contributed by atoms with Crippen LogP contribution in [0.2, 0.25) is 0 Å². The zero-order chi connectivity index (χ0) is 16.9. The zero-order valence-corrected chi connectivity index (χ0v) is 13.7. The van der Waals surface area contributed by atoms with E-state index in [1.807, 2.05) is 6.07 Å². The molecule has 1 N–H and O–H groups in total. The van der Waals surface area contributed by atoms with Crippen LogP contribution in [0.25, 0.3) is 0 Å². The molecular formula is C15H19N3O4S. The fourth-order valence-corrected chi connectivity index (χ4v) is 3.37. The Morgan fingerprint density at radius 2 is 2.22 bits per heavy atom. The minimum atomic E-state index is -3.24. The monoisotopic (exact) mass is 337 g/mol. The van der Waals surface area contributed by atoms with Gasteiger partial charge in [-0.2, -0.15) is 5.26 Å². The first-order valence-corrected chi connectivity index (χ1v) is 9.11. The number of nitrogens with one attached hydrogen (secondary N) is 1. The van der Waals surface area contributed by atoms with Crippen LogP contribution in [0.1, 0.15) is 18.4 Å². The maximum absolute atomic E-state index is 12.0. The van der Waals surface area contributed by atoms with Crippen LogP contribution < -0.4 is 10.1 Å². The van der Waals surface area contributed by atoms with Crippen LogP contribution in [0.4, 0.5) is 0 Å². The molecule has 1 aliphatic rings. The van der Waals surface area contributed by atoms with Crippen molar-refractivity contribution >= 4 is 15.9 Å². The Kier molecular flexibility index (Phi) is 5.58. The van der Waals surface area contributed by atoms with Gasteiger partial charge in [-0.25, -0.2) is 12.7 Å². The van der Waals surface area contributed by atoms with E-state index in [-0.39, 0.29) is 25.1 Å². The SMILES string of the molecule is CS(=O)(=O)N1CCC[C@H](NC(=O)COc2ccccc2C#N)C1. The summed E-state index contributed by atoms with van der Waals surface area (Å²) in [5, 5.41) is 11.7. The maximum atomic E-state index is 12.0. The summed E-state index contributed by atoms with van der Waals surface area (Å²) in [5.41, 5.74) is 0.362. The molecule has 0 bridgehead atoms. The number of sulfonamides is 1. The highest BCUT2D eigenvalue weighted by atomic mass is 32.2. The van der Waals surface area contributed by atoms with Gasteiger partial charge >= 0.3 is 0 Å². The lowest BCUT2D eigenvalue weighted by atomic mass is 10.1. The number of piperidine rings is 1. The number of para-hydroxylation sites is 1. The number of ether oxygens (including phenoxy) is 1. The second-order valence-corrected chi connectivity index (χ2v) is 7.41. The summed E-state index contributed by atoms with van der Waals surface area (Å²) in [6.07, 6.45) is 2.60.